The maximum absolute atomic E-state index is 12.3. The number of carbonyl (C=O) groups is 1. The number of anilines is 1. The van der Waals surface area contributed by atoms with E-state index in [1.54, 1.807) is 12.4 Å². The number of pyridine rings is 1. The Hall–Kier alpha value is -2.60. The lowest BCUT2D eigenvalue weighted by Crippen LogP contribution is -2.14. The van der Waals surface area contributed by atoms with Crippen LogP contribution in [0.1, 0.15) is 17.9 Å². The Labute approximate surface area is 137 Å². The van der Waals surface area contributed by atoms with Crippen LogP contribution >= 0.6 is 11.3 Å². The minimum absolute atomic E-state index is 0.0211. The van der Waals surface area contributed by atoms with Crippen LogP contribution in [0.4, 0.5) is 5.13 Å². The van der Waals surface area contributed by atoms with Gasteiger partial charge in [-0.3, -0.25) is 9.78 Å². The van der Waals surface area contributed by atoms with E-state index in [4.69, 9.17) is 0 Å². The average molecular weight is 322 g/mol. The Bertz CT molecular complexity index is 819. The minimum atomic E-state index is 0.0211. The minimum Gasteiger partial charge on any atom is -0.300 e. The Morgan fingerprint density at radius 2 is 2.00 bits per heavy atom. The van der Waals surface area contributed by atoms with Crippen LogP contribution < -0.4 is 5.32 Å². The zero-order chi connectivity index (χ0) is 15.6. The first kappa shape index (κ1) is 14.0. The highest BCUT2D eigenvalue weighted by atomic mass is 32.1. The van der Waals surface area contributed by atoms with Gasteiger partial charge < -0.3 is 5.32 Å². The fourth-order valence-corrected chi connectivity index (χ4v) is 3.37. The zero-order valence-electron chi connectivity index (χ0n) is 12.2. The van der Waals surface area contributed by atoms with Gasteiger partial charge in [0.1, 0.15) is 0 Å². The SMILES string of the molecule is O=C(Nc1nnc(-c2cccnc2)s1)[C@@H]1C[C@H]1c1ccccc1. The molecule has 0 radical (unpaired) electrons. The number of amides is 1. The van der Waals surface area contributed by atoms with Crippen molar-refractivity contribution in [3.05, 3.63) is 60.4 Å². The molecule has 2 atom stereocenters. The number of rotatable bonds is 4. The smallest absolute Gasteiger partial charge is 0.229 e. The first-order valence-corrected chi connectivity index (χ1v) is 8.22. The first-order valence-electron chi connectivity index (χ1n) is 7.41. The van der Waals surface area contributed by atoms with Gasteiger partial charge in [-0.05, 0) is 30.0 Å². The maximum atomic E-state index is 12.3. The van der Waals surface area contributed by atoms with E-state index in [9.17, 15) is 4.79 Å². The summed E-state index contributed by atoms with van der Waals surface area (Å²) in [6, 6.07) is 13.9. The molecule has 1 saturated carbocycles. The summed E-state index contributed by atoms with van der Waals surface area (Å²) in [6.07, 6.45) is 4.34. The highest BCUT2D eigenvalue weighted by Crippen LogP contribution is 2.48. The van der Waals surface area contributed by atoms with Crippen LogP contribution in [0.5, 0.6) is 0 Å². The second-order valence-corrected chi connectivity index (χ2v) is 6.48. The van der Waals surface area contributed by atoms with Gasteiger partial charge in [0.25, 0.3) is 0 Å². The highest BCUT2D eigenvalue weighted by molar-refractivity contribution is 7.18. The Balaban J connectivity index is 1.42. The van der Waals surface area contributed by atoms with Crippen molar-refractivity contribution in [2.75, 3.05) is 5.32 Å². The van der Waals surface area contributed by atoms with Crippen molar-refractivity contribution in [1.29, 1.82) is 0 Å². The topological polar surface area (TPSA) is 67.8 Å². The van der Waals surface area contributed by atoms with Gasteiger partial charge in [0.15, 0.2) is 5.01 Å². The zero-order valence-corrected chi connectivity index (χ0v) is 13.0. The van der Waals surface area contributed by atoms with E-state index >= 15 is 0 Å². The number of aromatic nitrogens is 3. The van der Waals surface area contributed by atoms with Crippen LogP contribution in [-0.2, 0) is 4.79 Å². The van der Waals surface area contributed by atoms with Gasteiger partial charge in [0.05, 0.1) is 0 Å². The monoisotopic (exact) mass is 322 g/mol. The fourth-order valence-electron chi connectivity index (χ4n) is 2.63. The van der Waals surface area contributed by atoms with Gasteiger partial charge >= 0.3 is 0 Å². The molecule has 23 heavy (non-hydrogen) atoms. The molecule has 6 heteroatoms. The number of hydrogen-bond donors (Lipinski definition) is 1. The Kier molecular flexibility index (Phi) is 3.59. The summed E-state index contributed by atoms with van der Waals surface area (Å²) in [4.78, 5) is 16.4. The Morgan fingerprint density at radius 1 is 1.13 bits per heavy atom. The molecular formula is C17H14N4OS. The van der Waals surface area contributed by atoms with Crippen LogP contribution in [0.15, 0.2) is 54.9 Å². The standard InChI is InChI=1S/C17H14N4OS/c22-15(14-9-13(14)11-5-2-1-3-6-11)19-17-21-20-16(23-17)12-7-4-8-18-10-12/h1-8,10,13-14H,9H2,(H,19,21,22)/t13-,14+/m0/s1. The van der Waals surface area contributed by atoms with Gasteiger partial charge in [-0.2, -0.15) is 0 Å². The normalized spacial score (nSPS) is 19.3. The summed E-state index contributed by atoms with van der Waals surface area (Å²) in [6.45, 7) is 0. The third-order valence-corrected chi connectivity index (χ3v) is 4.81. The van der Waals surface area contributed by atoms with Gasteiger partial charge in [0, 0.05) is 23.9 Å². The number of nitrogens with zero attached hydrogens (tertiary/aromatic N) is 3. The molecule has 3 aromatic rings. The van der Waals surface area contributed by atoms with Crippen LogP contribution in [0.25, 0.3) is 10.6 Å². The molecule has 2 aromatic heterocycles. The van der Waals surface area contributed by atoms with Crippen molar-refractivity contribution in [3.8, 4) is 10.6 Å². The molecule has 1 N–H and O–H groups in total. The summed E-state index contributed by atoms with van der Waals surface area (Å²) < 4.78 is 0. The van der Waals surface area contributed by atoms with E-state index in [1.807, 2.05) is 30.3 Å². The van der Waals surface area contributed by atoms with Crippen molar-refractivity contribution in [2.45, 2.75) is 12.3 Å². The average Bonchev–Trinajstić information content (AvgIpc) is 3.29. The van der Waals surface area contributed by atoms with Crippen molar-refractivity contribution in [2.24, 2.45) is 5.92 Å². The number of nitrogens with one attached hydrogen (secondary N) is 1. The molecule has 0 bridgehead atoms. The molecular weight excluding hydrogens is 308 g/mol. The van der Waals surface area contributed by atoms with Gasteiger partial charge in [-0.1, -0.05) is 41.7 Å². The summed E-state index contributed by atoms with van der Waals surface area (Å²) in [5.74, 6) is 0.373. The molecule has 4 rings (SSSR count). The van der Waals surface area contributed by atoms with E-state index in [0.29, 0.717) is 11.0 Å². The van der Waals surface area contributed by atoms with Gasteiger partial charge in [-0.15, -0.1) is 10.2 Å². The van der Waals surface area contributed by atoms with Crippen molar-refractivity contribution >= 4 is 22.4 Å². The van der Waals surface area contributed by atoms with Crippen LogP contribution in [0, 0.1) is 5.92 Å². The van der Waals surface area contributed by atoms with Gasteiger partial charge in [0.2, 0.25) is 11.0 Å². The van der Waals surface area contributed by atoms with E-state index in [2.05, 4.69) is 32.6 Å². The van der Waals surface area contributed by atoms with Crippen LogP contribution in [0.3, 0.4) is 0 Å². The van der Waals surface area contributed by atoms with E-state index in [1.165, 1.54) is 16.9 Å². The third-order valence-electron chi connectivity index (χ3n) is 3.92. The summed E-state index contributed by atoms with van der Waals surface area (Å²) in [5, 5.41) is 12.3. The molecule has 1 aliphatic rings. The van der Waals surface area contributed by atoms with Crippen LogP contribution in [0.2, 0.25) is 0 Å². The maximum Gasteiger partial charge on any atom is 0.229 e. The number of hydrogen-bond acceptors (Lipinski definition) is 5. The third kappa shape index (κ3) is 2.98. The molecule has 0 aliphatic heterocycles. The number of carbonyl (C=O) groups excluding carboxylic acids is 1. The summed E-state index contributed by atoms with van der Waals surface area (Å²) in [5.41, 5.74) is 2.13. The highest BCUT2D eigenvalue weighted by Gasteiger charge is 2.44. The lowest BCUT2D eigenvalue weighted by molar-refractivity contribution is -0.117. The quantitative estimate of drug-likeness (QED) is 0.800. The lowest BCUT2D eigenvalue weighted by atomic mass is 10.1. The molecule has 114 valence electrons. The van der Waals surface area contributed by atoms with Crippen molar-refractivity contribution < 1.29 is 4.79 Å². The Morgan fingerprint density at radius 3 is 2.78 bits per heavy atom. The predicted octanol–water partition coefficient (Wildman–Crippen LogP) is 3.34. The molecule has 0 unspecified atom stereocenters. The molecule has 1 aromatic carbocycles. The van der Waals surface area contributed by atoms with Crippen molar-refractivity contribution in [3.63, 3.8) is 0 Å². The second-order valence-electron chi connectivity index (χ2n) is 5.50. The van der Waals surface area contributed by atoms with Gasteiger partial charge in [-0.25, -0.2) is 0 Å². The molecule has 1 fully saturated rings. The molecule has 1 aliphatic carbocycles. The van der Waals surface area contributed by atoms with E-state index < -0.39 is 0 Å². The molecule has 1 amide bonds. The van der Waals surface area contributed by atoms with Crippen LogP contribution in [-0.4, -0.2) is 21.1 Å². The molecule has 0 saturated heterocycles. The van der Waals surface area contributed by atoms with E-state index in [-0.39, 0.29) is 11.8 Å². The molecule has 0 spiro atoms. The fraction of sp³-hybridized carbons (Fsp3) is 0.176. The predicted molar refractivity (Wildman–Crippen MR) is 89.1 cm³/mol. The summed E-state index contributed by atoms with van der Waals surface area (Å²) in [7, 11) is 0. The van der Waals surface area contributed by atoms with Crippen molar-refractivity contribution in [1.82, 2.24) is 15.2 Å². The second kappa shape index (κ2) is 5.89. The summed E-state index contributed by atoms with van der Waals surface area (Å²) >= 11 is 1.36. The number of benzene rings is 1. The first-order chi connectivity index (χ1) is 11.3. The largest absolute Gasteiger partial charge is 0.300 e. The molecule has 2 heterocycles. The van der Waals surface area contributed by atoms with E-state index in [0.717, 1.165) is 17.0 Å². The lowest BCUT2D eigenvalue weighted by Gasteiger charge is -2.00. The molecule has 5 nitrogen and oxygen atoms in total.